The predicted molar refractivity (Wildman–Crippen MR) is 188 cm³/mol. The Morgan fingerprint density at radius 3 is 2.58 bits per heavy atom. The summed E-state index contributed by atoms with van der Waals surface area (Å²) < 4.78 is 50.7. The maximum absolute atomic E-state index is 13.5. The van der Waals surface area contributed by atoms with Crippen LogP contribution in [-0.4, -0.2) is 55.7 Å². The molecule has 3 aromatic carbocycles. The quantitative estimate of drug-likeness (QED) is 0.198. The van der Waals surface area contributed by atoms with Crippen molar-refractivity contribution in [1.82, 2.24) is 14.6 Å². The third-order valence-corrected chi connectivity index (χ3v) is 10.1. The molecule has 0 saturated carbocycles. The second kappa shape index (κ2) is 15.4. The van der Waals surface area contributed by atoms with Crippen LogP contribution in [0.15, 0.2) is 67.0 Å². The lowest BCUT2D eigenvalue weighted by Gasteiger charge is -2.29. The summed E-state index contributed by atoms with van der Waals surface area (Å²) in [5.74, 6) is 1.47. The summed E-state index contributed by atoms with van der Waals surface area (Å²) in [5, 5.41) is 12.7. The number of aromatic nitrogens is 1. The number of benzene rings is 3. The molecular weight excluding hydrogens is 680 g/mol. The minimum Gasteiger partial charge on any atom is -0.488 e. The number of rotatable bonds is 11. The van der Waals surface area contributed by atoms with Crippen LogP contribution in [0, 0.1) is 18.3 Å². The third-order valence-electron chi connectivity index (χ3n) is 8.68. The summed E-state index contributed by atoms with van der Waals surface area (Å²) in [4.78, 5) is 17.6. The van der Waals surface area contributed by atoms with Crippen molar-refractivity contribution in [1.29, 1.82) is 5.26 Å². The molecule has 3 heterocycles. The van der Waals surface area contributed by atoms with Gasteiger partial charge in [-0.3, -0.25) is 9.78 Å². The second-order valence-electron chi connectivity index (χ2n) is 12.2. The fourth-order valence-corrected chi connectivity index (χ4v) is 7.07. The highest BCUT2D eigenvalue weighted by atomic mass is 35.5. The van der Waals surface area contributed by atoms with Crippen LogP contribution in [0.2, 0.25) is 5.02 Å². The molecule has 6 rings (SSSR count). The van der Waals surface area contributed by atoms with E-state index in [-0.39, 0.29) is 30.5 Å². The standard InChI is InChI=1S/C37H37ClN4O7S/c1-24-28(6-5-7-30(24)27-9-10-33-36(16-27)47-13-12-46-33)23-49-35-17-34(48-22-26-14-25(18-39)19-40-20-26)29(15-31(35)38)21-42(50(2,44)45)37(43)32-8-3-4-11-41-32/h5-7,9-10,14-17,19-20,32,41H,3-4,8,11-13,21-23H2,1-2H3/t32-/m0/s1. The van der Waals surface area contributed by atoms with Gasteiger partial charge in [0, 0.05) is 29.6 Å². The van der Waals surface area contributed by atoms with Gasteiger partial charge in [-0.15, -0.1) is 0 Å². The molecule has 2 aliphatic rings. The average Bonchev–Trinajstić information content (AvgIpc) is 3.13. The average molecular weight is 717 g/mol. The monoisotopic (exact) mass is 716 g/mol. The number of nitrogens with one attached hydrogen (secondary N) is 1. The van der Waals surface area contributed by atoms with Gasteiger partial charge < -0.3 is 24.3 Å². The highest BCUT2D eigenvalue weighted by Gasteiger charge is 2.32. The molecule has 0 radical (unpaired) electrons. The number of nitriles is 1. The van der Waals surface area contributed by atoms with Gasteiger partial charge in [-0.2, -0.15) is 5.26 Å². The number of piperidine rings is 1. The van der Waals surface area contributed by atoms with Crippen LogP contribution in [-0.2, 0) is 34.6 Å². The molecular formula is C37H37ClN4O7S. The molecule has 1 amide bonds. The number of carbonyl (C=O) groups excluding carboxylic acids is 1. The summed E-state index contributed by atoms with van der Waals surface area (Å²) in [7, 11) is -3.96. The van der Waals surface area contributed by atoms with E-state index in [1.54, 1.807) is 24.4 Å². The molecule has 1 saturated heterocycles. The molecule has 1 fully saturated rings. The molecule has 0 spiro atoms. The highest BCUT2D eigenvalue weighted by Crippen LogP contribution is 2.38. The number of sulfonamides is 1. The number of fused-ring (bicyclic) bond motifs is 1. The van der Waals surface area contributed by atoms with Crippen molar-refractivity contribution in [3.63, 3.8) is 0 Å². The molecule has 260 valence electrons. The third kappa shape index (κ3) is 8.13. The van der Waals surface area contributed by atoms with Crippen LogP contribution < -0.4 is 24.3 Å². The molecule has 0 aliphatic carbocycles. The Bertz CT molecular complexity index is 2040. The highest BCUT2D eigenvalue weighted by molar-refractivity contribution is 7.88. The lowest BCUT2D eigenvalue weighted by Crippen LogP contribution is -2.50. The second-order valence-corrected chi connectivity index (χ2v) is 14.5. The van der Waals surface area contributed by atoms with Crippen LogP contribution in [0.4, 0.5) is 0 Å². The van der Waals surface area contributed by atoms with Gasteiger partial charge in [0.1, 0.15) is 44.0 Å². The molecule has 4 aromatic rings. The van der Waals surface area contributed by atoms with Gasteiger partial charge in [0.2, 0.25) is 10.0 Å². The van der Waals surface area contributed by atoms with E-state index in [9.17, 15) is 18.5 Å². The van der Waals surface area contributed by atoms with Gasteiger partial charge >= 0.3 is 0 Å². The van der Waals surface area contributed by atoms with Gasteiger partial charge in [-0.05, 0) is 72.8 Å². The van der Waals surface area contributed by atoms with Crippen LogP contribution in [0.5, 0.6) is 23.0 Å². The van der Waals surface area contributed by atoms with E-state index >= 15 is 0 Å². The van der Waals surface area contributed by atoms with E-state index in [1.165, 1.54) is 6.20 Å². The summed E-state index contributed by atoms with van der Waals surface area (Å²) >= 11 is 6.77. The van der Waals surface area contributed by atoms with E-state index < -0.39 is 22.0 Å². The SMILES string of the molecule is Cc1c(COc2cc(OCc3cncc(C#N)c3)c(CN(C(=O)[C@@H]3CCCCN3)S(C)(=O)=O)cc2Cl)cccc1-c1ccc2c(c1)OCCO2. The van der Waals surface area contributed by atoms with Crippen molar-refractivity contribution in [3.8, 4) is 40.2 Å². The minimum absolute atomic E-state index is 0.0181. The normalized spacial score (nSPS) is 15.5. The van der Waals surface area contributed by atoms with E-state index in [4.69, 9.17) is 30.5 Å². The summed E-state index contributed by atoms with van der Waals surface area (Å²) in [5.41, 5.74) is 5.30. The number of carbonyl (C=O) groups is 1. The van der Waals surface area contributed by atoms with Crippen molar-refractivity contribution in [2.24, 2.45) is 0 Å². The molecule has 13 heteroatoms. The number of ether oxygens (including phenoxy) is 4. The van der Waals surface area contributed by atoms with E-state index in [1.807, 2.05) is 43.3 Å². The lowest BCUT2D eigenvalue weighted by atomic mass is 9.96. The first kappa shape index (κ1) is 35.0. The molecule has 11 nitrogen and oxygen atoms in total. The Balaban J connectivity index is 1.28. The number of hydrogen-bond donors (Lipinski definition) is 1. The van der Waals surface area contributed by atoms with Gasteiger partial charge in [-0.1, -0.05) is 42.3 Å². The smallest absolute Gasteiger partial charge is 0.253 e. The first-order valence-corrected chi connectivity index (χ1v) is 18.5. The van der Waals surface area contributed by atoms with Crippen molar-refractivity contribution in [3.05, 3.63) is 99.8 Å². The first-order chi connectivity index (χ1) is 24.1. The van der Waals surface area contributed by atoms with Gasteiger partial charge in [0.25, 0.3) is 5.91 Å². The van der Waals surface area contributed by atoms with Gasteiger partial charge in [0.05, 0.1) is 29.4 Å². The summed E-state index contributed by atoms with van der Waals surface area (Å²) in [6.07, 6.45) is 6.31. The van der Waals surface area contributed by atoms with Gasteiger partial charge in [-0.25, -0.2) is 12.7 Å². The molecule has 1 N–H and O–H groups in total. The van der Waals surface area contributed by atoms with Crippen molar-refractivity contribution < 1.29 is 32.2 Å². The molecule has 1 atom stereocenters. The minimum atomic E-state index is -3.96. The van der Waals surface area contributed by atoms with Crippen LogP contribution >= 0.6 is 11.6 Å². The van der Waals surface area contributed by atoms with Crippen LogP contribution in [0.3, 0.4) is 0 Å². The predicted octanol–water partition coefficient (Wildman–Crippen LogP) is 5.94. The molecule has 2 aliphatic heterocycles. The zero-order valence-electron chi connectivity index (χ0n) is 27.8. The fourth-order valence-electron chi connectivity index (χ4n) is 6.00. The number of halogens is 1. The number of amides is 1. The van der Waals surface area contributed by atoms with E-state index in [0.717, 1.165) is 51.4 Å². The Morgan fingerprint density at radius 1 is 1.02 bits per heavy atom. The summed E-state index contributed by atoms with van der Waals surface area (Å²) in [6.45, 7) is 3.57. The molecule has 0 unspecified atom stereocenters. The number of pyridine rings is 1. The Hall–Kier alpha value is -4.83. The zero-order valence-corrected chi connectivity index (χ0v) is 29.4. The Kier molecular flexibility index (Phi) is 10.8. The largest absolute Gasteiger partial charge is 0.488 e. The van der Waals surface area contributed by atoms with Crippen LogP contribution in [0.25, 0.3) is 11.1 Å². The topological polar surface area (TPSA) is 140 Å². The van der Waals surface area contributed by atoms with Gasteiger partial charge in [0.15, 0.2) is 11.5 Å². The van der Waals surface area contributed by atoms with Crippen molar-refractivity contribution in [2.75, 3.05) is 26.0 Å². The number of nitrogens with zero attached hydrogens (tertiary/aromatic N) is 3. The number of hydrogen-bond acceptors (Lipinski definition) is 10. The molecule has 1 aromatic heterocycles. The Morgan fingerprint density at radius 2 is 1.82 bits per heavy atom. The lowest BCUT2D eigenvalue weighted by molar-refractivity contribution is -0.129. The zero-order chi connectivity index (χ0) is 35.3. The Labute approximate surface area is 296 Å². The van der Waals surface area contributed by atoms with Crippen molar-refractivity contribution >= 4 is 27.5 Å². The summed E-state index contributed by atoms with van der Waals surface area (Å²) in [6, 6.07) is 18.1. The molecule has 0 bridgehead atoms. The maximum atomic E-state index is 13.5. The molecule has 50 heavy (non-hydrogen) atoms. The van der Waals surface area contributed by atoms with E-state index in [2.05, 4.69) is 16.4 Å². The maximum Gasteiger partial charge on any atom is 0.253 e. The first-order valence-electron chi connectivity index (χ1n) is 16.3. The van der Waals surface area contributed by atoms with E-state index in [0.29, 0.717) is 54.4 Å². The van der Waals surface area contributed by atoms with Crippen molar-refractivity contribution in [2.45, 2.75) is 52.0 Å². The fraction of sp³-hybridized carbons (Fsp3) is 0.324. The van der Waals surface area contributed by atoms with Crippen LogP contribution in [0.1, 0.15) is 47.1 Å².